The summed E-state index contributed by atoms with van der Waals surface area (Å²) in [5, 5.41) is 36.7. The molecule has 17 heavy (non-hydrogen) atoms. The molecule has 1 fully saturated rings. The van der Waals surface area contributed by atoms with Crippen molar-refractivity contribution in [3.63, 3.8) is 0 Å². The van der Waals surface area contributed by atoms with Crippen LogP contribution in [0.4, 0.5) is 0 Å². The van der Waals surface area contributed by atoms with Gasteiger partial charge in [0.1, 0.15) is 17.6 Å². The summed E-state index contributed by atoms with van der Waals surface area (Å²) in [7, 11) is 0. The van der Waals surface area contributed by atoms with Crippen LogP contribution in [0, 0.1) is 11.3 Å². The molecule has 88 valence electrons. The first kappa shape index (κ1) is 11.3. The largest absolute Gasteiger partial charge is 0.508 e. The van der Waals surface area contributed by atoms with Crippen LogP contribution < -0.4 is 0 Å². The fraction of sp³-hybridized carbons (Fsp3) is 0.333. The molecule has 2 rings (SSSR count). The molecule has 0 heterocycles. The smallest absolute Gasteiger partial charge is 0.304 e. The molecule has 0 bridgehead atoms. The minimum absolute atomic E-state index is 0.0504. The molecular formula is C12H11NO4. The molecule has 0 saturated heterocycles. The quantitative estimate of drug-likeness (QED) is 0.733. The Balaban J connectivity index is 2.46. The van der Waals surface area contributed by atoms with Crippen LogP contribution in [-0.2, 0) is 10.2 Å². The first-order chi connectivity index (χ1) is 7.98. The molecule has 0 radical (unpaired) electrons. The van der Waals surface area contributed by atoms with Gasteiger partial charge in [-0.1, -0.05) is 0 Å². The van der Waals surface area contributed by atoms with E-state index in [1.165, 1.54) is 6.07 Å². The summed E-state index contributed by atoms with van der Waals surface area (Å²) in [4.78, 5) is 10.8. The van der Waals surface area contributed by atoms with E-state index in [-0.39, 0.29) is 23.5 Å². The normalized spacial score (nSPS) is 16.2. The van der Waals surface area contributed by atoms with E-state index < -0.39 is 11.4 Å². The van der Waals surface area contributed by atoms with Crippen LogP contribution in [0.15, 0.2) is 12.1 Å². The van der Waals surface area contributed by atoms with Gasteiger partial charge in [-0.15, -0.1) is 0 Å². The number of aromatic hydroxyl groups is 2. The highest BCUT2D eigenvalue weighted by molar-refractivity contribution is 5.71. The van der Waals surface area contributed by atoms with Crippen molar-refractivity contribution in [3.8, 4) is 17.6 Å². The molecule has 0 amide bonds. The van der Waals surface area contributed by atoms with Crippen LogP contribution in [0.5, 0.6) is 11.5 Å². The van der Waals surface area contributed by atoms with Crippen LogP contribution in [0.2, 0.25) is 0 Å². The van der Waals surface area contributed by atoms with Gasteiger partial charge in [-0.25, -0.2) is 0 Å². The van der Waals surface area contributed by atoms with Crippen molar-refractivity contribution in [2.24, 2.45) is 0 Å². The number of benzene rings is 1. The molecule has 0 atom stereocenters. The summed E-state index contributed by atoms with van der Waals surface area (Å²) in [6.45, 7) is 0. The number of phenolic OH excluding ortho intramolecular Hbond substituents is 2. The van der Waals surface area contributed by atoms with Crippen molar-refractivity contribution >= 4 is 5.97 Å². The minimum Gasteiger partial charge on any atom is -0.508 e. The third kappa shape index (κ3) is 1.89. The van der Waals surface area contributed by atoms with Crippen LogP contribution in [0.1, 0.15) is 30.4 Å². The molecule has 5 nitrogen and oxygen atoms in total. The maximum absolute atomic E-state index is 10.8. The summed E-state index contributed by atoms with van der Waals surface area (Å²) in [5.74, 6) is -1.38. The molecular weight excluding hydrogens is 222 g/mol. The third-order valence-electron chi connectivity index (χ3n) is 3.15. The molecule has 0 spiro atoms. The van der Waals surface area contributed by atoms with Crippen LogP contribution in [0.25, 0.3) is 0 Å². The van der Waals surface area contributed by atoms with E-state index in [2.05, 4.69) is 0 Å². The minimum atomic E-state index is -0.937. The topological polar surface area (TPSA) is 102 Å². The Bertz CT molecular complexity index is 526. The van der Waals surface area contributed by atoms with E-state index in [1.54, 1.807) is 0 Å². The maximum Gasteiger partial charge on any atom is 0.304 e. The fourth-order valence-electron chi connectivity index (χ4n) is 2.07. The Labute approximate surface area is 97.6 Å². The van der Waals surface area contributed by atoms with Crippen molar-refractivity contribution < 1.29 is 20.1 Å². The predicted octanol–water partition coefficient (Wildman–Crippen LogP) is 1.48. The van der Waals surface area contributed by atoms with Crippen molar-refractivity contribution in [2.75, 3.05) is 0 Å². The number of rotatable bonds is 3. The SMILES string of the molecule is N#Cc1cc(C2(CC(=O)O)CC2)c(O)cc1O. The highest BCUT2D eigenvalue weighted by atomic mass is 16.4. The Hall–Kier alpha value is -2.22. The van der Waals surface area contributed by atoms with Crippen LogP contribution in [0.3, 0.4) is 0 Å². The molecule has 0 aromatic heterocycles. The van der Waals surface area contributed by atoms with E-state index in [9.17, 15) is 15.0 Å². The van der Waals surface area contributed by atoms with Crippen molar-refractivity contribution in [1.29, 1.82) is 5.26 Å². The number of hydrogen-bond donors (Lipinski definition) is 3. The monoisotopic (exact) mass is 233 g/mol. The summed E-state index contributed by atoms with van der Waals surface area (Å²) < 4.78 is 0. The van der Waals surface area contributed by atoms with Crippen molar-refractivity contribution in [3.05, 3.63) is 23.3 Å². The van der Waals surface area contributed by atoms with Gasteiger partial charge in [0, 0.05) is 17.0 Å². The zero-order valence-corrected chi connectivity index (χ0v) is 8.97. The number of phenols is 2. The summed E-state index contributed by atoms with van der Waals surface area (Å²) in [5.41, 5.74) is -0.0846. The highest BCUT2D eigenvalue weighted by Gasteiger charge is 2.47. The Morgan fingerprint density at radius 1 is 1.35 bits per heavy atom. The van der Waals surface area contributed by atoms with Crippen LogP contribution in [-0.4, -0.2) is 21.3 Å². The first-order valence-corrected chi connectivity index (χ1v) is 5.17. The van der Waals surface area contributed by atoms with Gasteiger partial charge in [0.25, 0.3) is 0 Å². The third-order valence-corrected chi connectivity index (χ3v) is 3.15. The number of hydrogen-bond acceptors (Lipinski definition) is 4. The van der Waals surface area contributed by atoms with Gasteiger partial charge in [0.2, 0.25) is 0 Å². The second-order valence-electron chi connectivity index (χ2n) is 4.35. The van der Waals surface area contributed by atoms with E-state index >= 15 is 0 Å². The average Bonchev–Trinajstić information content (AvgIpc) is 2.97. The molecule has 1 aromatic carbocycles. The summed E-state index contributed by atoms with van der Waals surface area (Å²) in [6.07, 6.45) is 1.27. The van der Waals surface area contributed by atoms with E-state index in [4.69, 9.17) is 10.4 Å². The Morgan fingerprint density at radius 3 is 2.47 bits per heavy atom. The zero-order chi connectivity index (χ0) is 12.6. The lowest BCUT2D eigenvalue weighted by atomic mass is 9.90. The van der Waals surface area contributed by atoms with E-state index in [0.717, 1.165) is 6.07 Å². The molecule has 1 saturated carbocycles. The number of carboxylic acids is 1. The number of nitriles is 1. The number of carbonyl (C=O) groups is 1. The maximum atomic E-state index is 10.8. The number of aliphatic carboxylic acids is 1. The van der Waals surface area contributed by atoms with Gasteiger partial charge in [0.15, 0.2) is 0 Å². The molecule has 0 unspecified atom stereocenters. The van der Waals surface area contributed by atoms with Gasteiger partial charge < -0.3 is 15.3 Å². The second-order valence-corrected chi connectivity index (χ2v) is 4.35. The molecule has 1 aromatic rings. The Morgan fingerprint density at radius 2 is 2.00 bits per heavy atom. The second kappa shape index (κ2) is 3.67. The molecule has 3 N–H and O–H groups in total. The average molecular weight is 233 g/mol. The molecule has 5 heteroatoms. The van der Waals surface area contributed by atoms with Gasteiger partial charge in [-0.05, 0) is 18.9 Å². The number of nitrogens with zero attached hydrogens (tertiary/aromatic N) is 1. The lowest BCUT2D eigenvalue weighted by Gasteiger charge is -2.15. The van der Waals surface area contributed by atoms with Gasteiger partial charge in [0.05, 0.1) is 12.0 Å². The predicted molar refractivity (Wildman–Crippen MR) is 57.7 cm³/mol. The molecule has 1 aliphatic carbocycles. The summed E-state index contributed by atoms with van der Waals surface area (Å²) >= 11 is 0. The van der Waals surface area contributed by atoms with Gasteiger partial charge >= 0.3 is 5.97 Å². The van der Waals surface area contributed by atoms with Gasteiger partial charge in [-0.2, -0.15) is 5.26 Å². The summed E-state index contributed by atoms with van der Waals surface area (Å²) in [6, 6.07) is 4.28. The highest BCUT2D eigenvalue weighted by Crippen LogP contribution is 2.54. The first-order valence-electron chi connectivity index (χ1n) is 5.17. The lowest BCUT2D eigenvalue weighted by molar-refractivity contribution is -0.137. The van der Waals surface area contributed by atoms with E-state index in [1.807, 2.05) is 6.07 Å². The zero-order valence-electron chi connectivity index (χ0n) is 8.97. The standard InChI is InChI=1S/C12H11NO4/c13-6-7-3-8(10(15)4-9(7)14)12(1-2-12)5-11(16)17/h3-4,14-15H,1-2,5H2,(H,16,17). The fourth-order valence-corrected chi connectivity index (χ4v) is 2.07. The Kier molecular flexibility index (Phi) is 2.43. The lowest BCUT2D eigenvalue weighted by Crippen LogP contribution is -2.13. The number of carboxylic acid groups (broad SMARTS) is 1. The van der Waals surface area contributed by atoms with Crippen molar-refractivity contribution in [2.45, 2.75) is 24.7 Å². The van der Waals surface area contributed by atoms with E-state index in [0.29, 0.717) is 18.4 Å². The van der Waals surface area contributed by atoms with Gasteiger partial charge in [-0.3, -0.25) is 4.79 Å². The van der Waals surface area contributed by atoms with Crippen molar-refractivity contribution in [1.82, 2.24) is 0 Å². The molecule has 0 aliphatic heterocycles. The van der Waals surface area contributed by atoms with Crippen LogP contribution >= 0.6 is 0 Å². The molecule has 1 aliphatic rings.